The first-order chi connectivity index (χ1) is 13.6. The van der Waals surface area contributed by atoms with Gasteiger partial charge in [0, 0.05) is 18.0 Å². The highest BCUT2D eigenvalue weighted by atomic mass is 35.5. The largest absolute Gasteiger partial charge is 0.391 e. The number of rotatable bonds is 4. The highest BCUT2D eigenvalue weighted by molar-refractivity contribution is 6.21. The quantitative estimate of drug-likeness (QED) is 0.547. The third kappa shape index (κ3) is 5.72. The van der Waals surface area contributed by atoms with Crippen LogP contribution in [0.5, 0.6) is 0 Å². The first-order valence-electron chi connectivity index (χ1n) is 9.63. The van der Waals surface area contributed by atoms with Gasteiger partial charge in [0.15, 0.2) is 0 Å². The molecule has 2 aliphatic rings. The maximum Gasteiger partial charge on any atom is 0.391 e. The second kappa shape index (κ2) is 9.04. The van der Waals surface area contributed by atoms with Crippen LogP contribution in [-0.4, -0.2) is 40.8 Å². The standard InChI is InChI=1S/C19H23ClF4N2O3/c20-14-8-11(21)2-4-16(14)29-15-3-1-10(19(22,23)24)7-13(15)18(28)26-12-5-6-25-17(27)9-12/h5-6,9-11,13-16H,1-4,7-8H2,(H2,25,26,27,28). The van der Waals surface area contributed by atoms with E-state index in [4.69, 9.17) is 16.3 Å². The van der Waals surface area contributed by atoms with Crippen molar-refractivity contribution in [2.45, 2.75) is 68.5 Å². The van der Waals surface area contributed by atoms with Gasteiger partial charge in [-0.15, -0.1) is 11.6 Å². The van der Waals surface area contributed by atoms with Crippen molar-refractivity contribution < 1.29 is 27.1 Å². The molecule has 6 unspecified atom stereocenters. The van der Waals surface area contributed by atoms with Gasteiger partial charge in [-0.3, -0.25) is 9.59 Å². The van der Waals surface area contributed by atoms with Crippen LogP contribution in [0.4, 0.5) is 23.2 Å². The SMILES string of the molecule is O=C(Nc1cc[nH]c(=O)c1)C1CC(C(F)(F)F)CCC1OC1CCC(F)CC1Cl. The van der Waals surface area contributed by atoms with E-state index in [9.17, 15) is 27.2 Å². The molecule has 1 heterocycles. The van der Waals surface area contributed by atoms with Gasteiger partial charge in [-0.25, -0.2) is 4.39 Å². The van der Waals surface area contributed by atoms with E-state index in [-0.39, 0.29) is 31.4 Å². The third-order valence-electron chi connectivity index (χ3n) is 5.63. The summed E-state index contributed by atoms with van der Waals surface area (Å²) in [7, 11) is 0. The third-order valence-corrected chi connectivity index (χ3v) is 6.09. The summed E-state index contributed by atoms with van der Waals surface area (Å²) in [5.74, 6) is -3.30. The Morgan fingerprint density at radius 2 is 1.90 bits per heavy atom. The molecule has 1 aromatic rings. The lowest BCUT2D eigenvalue weighted by Gasteiger charge is -2.39. The smallest absolute Gasteiger partial charge is 0.373 e. The van der Waals surface area contributed by atoms with Gasteiger partial charge in [0.1, 0.15) is 6.17 Å². The number of carbonyl (C=O) groups is 1. The van der Waals surface area contributed by atoms with Gasteiger partial charge in [0.25, 0.3) is 0 Å². The molecule has 0 spiro atoms. The molecule has 2 fully saturated rings. The van der Waals surface area contributed by atoms with E-state index in [0.717, 1.165) is 6.07 Å². The molecule has 3 rings (SSSR count). The second-order valence-electron chi connectivity index (χ2n) is 7.73. The van der Waals surface area contributed by atoms with E-state index >= 15 is 0 Å². The lowest BCUT2D eigenvalue weighted by molar-refractivity contribution is -0.198. The molecule has 2 aliphatic carbocycles. The van der Waals surface area contributed by atoms with Crippen molar-refractivity contribution in [1.29, 1.82) is 0 Å². The fourth-order valence-corrected chi connectivity index (χ4v) is 4.43. The summed E-state index contributed by atoms with van der Waals surface area (Å²) in [6, 6.07) is 2.59. The fraction of sp³-hybridized carbons (Fsp3) is 0.684. The summed E-state index contributed by atoms with van der Waals surface area (Å²) in [6.45, 7) is 0. The number of carbonyl (C=O) groups excluding carboxylic acids is 1. The molecular formula is C19H23ClF4N2O3. The Kier molecular flexibility index (Phi) is 6.88. The number of anilines is 1. The van der Waals surface area contributed by atoms with E-state index in [2.05, 4.69) is 10.3 Å². The highest BCUT2D eigenvalue weighted by Gasteiger charge is 2.48. The first-order valence-corrected chi connectivity index (χ1v) is 10.1. The Hall–Kier alpha value is -1.61. The van der Waals surface area contributed by atoms with Crippen molar-refractivity contribution in [3.63, 3.8) is 0 Å². The van der Waals surface area contributed by atoms with Crippen molar-refractivity contribution in [3.8, 4) is 0 Å². The van der Waals surface area contributed by atoms with Gasteiger partial charge in [0.05, 0.1) is 29.4 Å². The van der Waals surface area contributed by atoms with Gasteiger partial charge >= 0.3 is 6.18 Å². The van der Waals surface area contributed by atoms with Crippen molar-refractivity contribution >= 4 is 23.2 Å². The van der Waals surface area contributed by atoms with Crippen LogP contribution in [0.1, 0.15) is 38.5 Å². The number of aromatic nitrogens is 1. The Labute approximate surface area is 170 Å². The van der Waals surface area contributed by atoms with E-state index in [1.807, 2.05) is 0 Å². The minimum absolute atomic E-state index is 0.0524. The van der Waals surface area contributed by atoms with Crippen LogP contribution in [-0.2, 0) is 9.53 Å². The lowest BCUT2D eigenvalue weighted by Crippen LogP contribution is -2.46. The maximum atomic E-state index is 13.5. The van der Waals surface area contributed by atoms with Crippen LogP contribution in [0, 0.1) is 11.8 Å². The summed E-state index contributed by atoms with van der Waals surface area (Å²) in [6.07, 6.45) is -5.11. The van der Waals surface area contributed by atoms with E-state index in [0.29, 0.717) is 6.42 Å². The highest BCUT2D eigenvalue weighted by Crippen LogP contribution is 2.42. The van der Waals surface area contributed by atoms with Gasteiger partial charge in [0.2, 0.25) is 11.5 Å². The molecule has 5 nitrogen and oxygen atoms in total. The molecule has 2 N–H and O–H groups in total. The maximum absolute atomic E-state index is 13.5. The van der Waals surface area contributed by atoms with Crippen LogP contribution in [0.3, 0.4) is 0 Å². The number of hydrogen-bond acceptors (Lipinski definition) is 3. The summed E-state index contributed by atoms with van der Waals surface area (Å²) >= 11 is 6.19. The van der Waals surface area contributed by atoms with E-state index in [1.165, 1.54) is 12.3 Å². The molecule has 0 aliphatic heterocycles. The predicted octanol–water partition coefficient (Wildman–Crippen LogP) is 4.18. The number of alkyl halides is 5. The summed E-state index contributed by atoms with van der Waals surface area (Å²) in [4.78, 5) is 26.6. The zero-order valence-corrected chi connectivity index (χ0v) is 16.3. The molecular weight excluding hydrogens is 416 g/mol. The zero-order chi connectivity index (χ0) is 21.2. The van der Waals surface area contributed by atoms with Crippen LogP contribution in [0.15, 0.2) is 23.1 Å². The van der Waals surface area contributed by atoms with Crippen molar-refractivity contribution in [1.82, 2.24) is 4.98 Å². The molecule has 0 bridgehead atoms. The molecule has 10 heteroatoms. The number of H-pyrrole nitrogens is 1. The van der Waals surface area contributed by atoms with Crippen molar-refractivity contribution in [2.24, 2.45) is 11.8 Å². The van der Waals surface area contributed by atoms with Gasteiger partial charge in [-0.05, 0) is 44.6 Å². The molecule has 1 aromatic heterocycles. The Morgan fingerprint density at radius 3 is 2.55 bits per heavy atom. The molecule has 0 saturated heterocycles. The summed E-state index contributed by atoms with van der Waals surface area (Å²) < 4.78 is 59.2. The second-order valence-corrected chi connectivity index (χ2v) is 8.29. The molecule has 162 valence electrons. The van der Waals surface area contributed by atoms with Crippen LogP contribution < -0.4 is 10.9 Å². The number of hydrogen-bond donors (Lipinski definition) is 2. The fourth-order valence-electron chi connectivity index (χ4n) is 4.05. The van der Waals surface area contributed by atoms with Crippen molar-refractivity contribution in [2.75, 3.05) is 5.32 Å². The molecule has 0 radical (unpaired) electrons. The van der Waals surface area contributed by atoms with Crippen LogP contribution >= 0.6 is 11.6 Å². The molecule has 2 saturated carbocycles. The number of amides is 1. The summed E-state index contributed by atoms with van der Waals surface area (Å²) in [5.41, 5.74) is -0.250. The first kappa shape index (κ1) is 22.1. The molecule has 29 heavy (non-hydrogen) atoms. The van der Waals surface area contributed by atoms with Gasteiger partial charge < -0.3 is 15.0 Å². The van der Waals surface area contributed by atoms with E-state index in [1.54, 1.807) is 0 Å². The average Bonchev–Trinajstić information content (AvgIpc) is 2.63. The summed E-state index contributed by atoms with van der Waals surface area (Å²) in [5, 5.41) is 1.92. The number of pyridine rings is 1. The predicted molar refractivity (Wildman–Crippen MR) is 99.6 cm³/mol. The number of nitrogens with one attached hydrogen (secondary N) is 2. The Bertz CT molecular complexity index is 772. The minimum atomic E-state index is -4.41. The van der Waals surface area contributed by atoms with E-state index < -0.39 is 59.7 Å². The number of halogens is 5. The number of aromatic amines is 1. The molecule has 1 amide bonds. The topological polar surface area (TPSA) is 71.2 Å². The normalized spacial score (nSPS) is 33.3. The lowest BCUT2D eigenvalue weighted by atomic mass is 9.78. The average molecular weight is 439 g/mol. The minimum Gasteiger partial charge on any atom is -0.373 e. The van der Waals surface area contributed by atoms with Crippen LogP contribution in [0.2, 0.25) is 0 Å². The van der Waals surface area contributed by atoms with Gasteiger partial charge in [-0.2, -0.15) is 13.2 Å². The van der Waals surface area contributed by atoms with Gasteiger partial charge in [-0.1, -0.05) is 0 Å². The zero-order valence-electron chi connectivity index (χ0n) is 15.6. The Morgan fingerprint density at radius 1 is 1.17 bits per heavy atom. The van der Waals surface area contributed by atoms with Crippen molar-refractivity contribution in [3.05, 3.63) is 28.7 Å². The monoisotopic (exact) mass is 438 g/mol. The Balaban J connectivity index is 1.74. The molecule has 6 atom stereocenters. The van der Waals surface area contributed by atoms with Crippen LogP contribution in [0.25, 0.3) is 0 Å². The molecule has 0 aromatic carbocycles. The number of ether oxygens (including phenoxy) is 1.